The molecule has 0 aliphatic carbocycles. The zero-order valence-electron chi connectivity index (χ0n) is 11.2. The van der Waals surface area contributed by atoms with Crippen LogP contribution < -0.4 is 4.90 Å². The molecule has 0 saturated carbocycles. The quantitative estimate of drug-likeness (QED) is 0.899. The molecule has 1 aromatic carbocycles. The highest BCUT2D eigenvalue weighted by atomic mass is 16.3. The number of para-hydroxylation sites is 1. The standard InChI is InChI=1S/C14H16N4O2/c1-10(18-9-15-8-16-18)14(20)17-7-3-5-11-4-2-6-12(19)13(11)17/h2,4,6,8-10,19H,3,5,7H2,1H3. The summed E-state index contributed by atoms with van der Waals surface area (Å²) in [6.07, 6.45) is 4.71. The lowest BCUT2D eigenvalue weighted by Crippen LogP contribution is -2.39. The van der Waals surface area contributed by atoms with E-state index in [1.807, 2.05) is 12.1 Å². The van der Waals surface area contributed by atoms with Crippen LogP contribution in [0.3, 0.4) is 0 Å². The molecule has 0 radical (unpaired) electrons. The van der Waals surface area contributed by atoms with Gasteiger partial charge in [0.05, 0.1) is 5.69 Å². The predicted molar refractivity (Wildman–Crippen MR) is 73.5 cm³/mol. The molecule has 6 heteroatoms. The van der Waals surface area contributed by atoms with Crippen LogP contribution in [-0.2, 0) is 11.2 Å². The highest BCUT2D eigenvalue weighted by molar-refractivity contribution is 5.98. The number of aromatic hydroxyl groups is 1. The monoisotopic (exact) mass is 272 g/mol. The third-order valence-electron chi connectivity index (χ3n) is 3.65. The fourth-order valence-corrected chi connectivity index (χ4v) is 2.61. The minimum atomic E-state index is -0.442. The predicted octanol–water partition coefficient (Wildman–Crippen LogP) is 1.52. The maximum absolute atomic E-state index is 12.6. The summed E-state index contributed by atoms with van der Waals surface area (Å²) >= 11 is 0. The van der Waals surface area contributed by atoms with E-state index in [1.165, 1.54) is 17.3 Å². The van der Waals surface area contributed by atoms with E-state index in [-0.39, 0.29) is 11.7 Å². The molecule has 0 bridgehead atoms. The second kappa shape index (κ2) is 4.96. The van der Waals surface area contributed by atoms with Gasteiger partial charge in [-0.15, -0.1) is 0 Å². The maximum Gasteiger partial charge on any atom is 0.251 e. The second-order valence-corrected chi connectivity index (χ2v) is 4.93. The van der Waals surface area contributed by atoms with Crippen LogP contribution in [0.2, 0.25) is 0 Å². The molecule has 2 aromatic rings. The lowest BCUT2D eigenvalue weighted by atomic mass is 10.0. The Morgan fingerprint density at radius 3 is 3.05 bits per heavy atom. The maximum atomic E-state index is 12.6. The van der Waals surface area contributed by atoms with Crippen molar-refractivity contribution in [2.24, 2.45) is 0 Å². The molecule has 3 rings (SSSR count). The number of amides is 1. The topological polar surface area (TPSA) is 71.2 Å². The molecule has 20 heavy (non-hydrogen) atoms. The average Bonchev–Trinajstić information content (AvgIpc) is 2.99. The summed E-state index contributed by atoms with van der Waals surface area (Å²) in [5.74, 6) is 0.0688. The smallest absolute Gasteiger partial charge is 0.251 e. The Balaban J connectivity index is 1.95. The van der Waals surface area contributed by atoms with Crippen LogP contribution in [-0.4, -0.2) is 32.3 Å². The van der Waals surface area contributed by atoms with Gasteiger partial charge >= 0.3 is 0 Å². The number of hydrogen-bond donors (Lipinski definition) is 1. The number of carbonyl (C=O) groups is 1. The van der Waals surface area contributed by atoms with Crippen molar-refractivity contribution in [1.82, 2.24) is 14.8 Å². The van der Waals surface area contributed by atoms with Crippen LogP contribution in [0.5, 0.6) is 5.75 Å². The van der Waals surface area contributed by atoms with Crippen molar-refractivity contribution in [3.05, 3.63) is 36.4 Å². The van der Waals surface area contributed by atoms with Gasteiger partial charge in [0.25, 0.3) is 5.91 Å². The summed E-state index contributed by atoms with van der Waals surface area (Å²) in [4.78, 5) is 18.2. The summed E-state index contributed by atoms with van der Waals surface area (Å²) in [5, 5.41) is 14.1. The van der Waals surface area contributed by atoms with Gasteiger partial charge in [0.1, 0.15) is 24.4 Å². The number of fused-ring (bicyclic) bond motifs is 1. The van der Waals surface area contributed by atoms with E-state index in [2.05, 4.69) is 10.1 Å². The summed E-state index contributed by atoms with van der Waals surface area (Å²) in [6.45, 7) is 2.40. The van der Waals surface area contributed by atoms with Gasteiger partial charge in [0, 0.05) is 6.54 Å². The Kier molecular flexibility index (Phi) is 3.14. The van der Waals surface area contributed by atoms with Crippen LogP contribution in [0.1, 0.15) is 24.9 Å². The number of aryl methyl sites for hydroxylation is 1. The molecule has 1 aliphatic heterocycles. The minimum Gasteiger partial charge on any atom is -0.506 e. The van der Waals surface area contributed by atoms with Crippen molar-refractivity contribution in [1.29, 1.82) is 0 Å². The molecule has 1 unspecified atom stereocenters. The number of benzene rings is 1. The molecule has 0 spiro atoms. The molecular weight excluding hydrogens is 256 g/mol. The summed E-state index contributed by atoms with van der Waals surface area (Å²) in [6, 6.07) is 4.94. The van der Waals surface area contributed by atoms with E-state index in [0.717, 1.165) is 18.4 Å². The van der Waals surface area contributed by atoms with Crippen molar-refractivity contribution < 1.29 is 9.90 Å². The summed E-state index contributed by atoms with van der Waals surface area (Å²) in [7, 11) is 0. The SMILES string of the molecule is CC(C(=O)N1CCCc2cccc(O)c21)n1cncn1. The minimum absolute atomic E-state index is 0.0852. The lowest BCUT2D eigenvalue weighted by molar-refractivity contribution is -0.121. The molecule has 2 heterocycles. The van der Waals surface area contributed by atoms with Crippen molar-refractivity contribution in [3.63, 3.8) is 0 Å². The van der Waals surface area contributed by atoms with E-state index >= 15 is 0 Å². The molecule has 0 saturated heterocycles. The fraction of sp³-hybridized carbons (Fsp3) is 0.357. The first-order valence-corrected chi connectivity index (χ1v) is 6.65. The molecule has 1 atom stereocenters. The van der Waals surface area contributed by atoms with Crippen molar-refractivity contribution in [2.45, 2.75) is 25.8 Å². The number of phenols is 1. The lowest BCUT2D eigenvalue weighted by Gasteiger charge is -2.31. The zero-order valence-corrected chi connectivity index (χ0v) is 11.2. The highest BCUT2D eigenvalue weighted by Crippen LogP contribution is 2.36. The Hall–Kier alpha value is -2.37. The normalized spacial score (nSPS) is 15.8. The van der Waals surface area contributed by atoms with Crippen molar-refractivity contribution >= 4 is 11.6 Å². The first-order valence-electron chi connectivity index (χ1n) is 6.65. The molecule has 1 aliphatic rings. The third-order valence-corrected chi connectivity index (χ3v) is 3.65. The van der Waals surface area contributed by atoms with Crippen molar-refractivity contribution in [3.8, 4) is 5.75 Å². The van der Waals surface area contributed by atoms with Crippen LogP contribution in [0, 0.1) is 0 Å². The Bertz CT molecular complexity index is 624. The van der Waals surface area contributed by atoms with Gasteiger partial charge < -0.3 is 10.0 Å². The molecule has 6 nitrogen and oxygen atoms in total. The molecule has 1 aromatic heterocycles. The Labute approximate surface area is 116 Å². The third kappa shape index (κ3) is 2.03. The van der Waals surface area contributed by atoms with E-state index in [0.29, 0.717) is 12.2 Å². The highest BCUT2D eigenvalue weighted by Gasteiger charge is 2.29. The number of phenolic OH excluding ortho intramolecular Hbond substituents is 1. The Morgan fingerprint density at radius 2 is 2.30 bits per heavy atom. The first-order chi connectivity index (χ1) is 9.68. The van der Waals surface area contributed by atoms with E-state index in [9.17, 15) is 9.90 Å². The first kappa shape index (κ1) is 12.7. The molecule has 104 valence electrons. The zero-order chi connectivity index (χ0) is 14.1. The number of anilines is 1. The summed E-state index contributed by atoms with van der Waals surface area (Å²) in [5.41, 5.74) is 1.64. The molecular formula is C14H16N4O2. The fourth-order valence-electron chi connectivity index (χ4n) is 2.61. The average molecular weight is 272 g/mol. The molecule has 1 amide bonds. The van der Waals surface area contributed by atoms with E-state index in [1.54, 1.807) is 17.9 Å². The summed E-state index contributed by atoms with van der Waals surface area (Å²) < 4.78 is 1.52. The van der Waals surface area contributed by atoms with Crippen LogP contribution >= 0.6 is 0 Å². The van der Waals surface area contributed by atoms with Gasteiger partial charge in [-0.2, -0.15) is 5.10 Å². The van der Waals surface area contributed by atoms with Crippen LogP contribution in [0.4, 0.5) is 5.69 Å². The van der Waals surface area contributed by atoms with Gasteiger partial charge in [0.15, 0.2) is 0 Å². The number of nitrogens with zero attached hydrogens (tertiary/aromatic N) is 4. The van der Waals surface area contributed by atoms with Gasteiger partial charge in [-0.3, -0.25) is 4.79 Å². The van der Waals surface area contributed by atoms with Gasteiger partial charge in [-0.05, 0) is 31.4 Å². The van der Waals surface area contributed by atoms with Crippen LogP contribution in [0.25, 0.3) is 0 Å². The molecule has 1 N–H and O–H groups in total. The Morgan fingerprint density at radius 1 is 1.45 bits per heavy atom. The van der Waals surface area contributed by atoms with E-state index < -0.39 is 6.04 Å². The second-order valence-electron chi connectivity index (χ2n) is 4.93. The number of aromatic nitrogens is 3. The number of carbonyl (C=O) groups excluding carboxylic acids is 1. The van der Waals surface area contributed by atoms with Gasteiger partial charge in [-0.25, -0.2) is 9.67 Å². The van der Waals surface area contributed by atoms with Crippen LogP contribution in [0.15, 0.2) is 30.9 Å². The molecule has 0 fully saturated rings. The number of hydrogen-bond acceptors (Lipinski definition) is 4. The number of rotatable bonds is 2. The van der Waals surface area contributed by atoms with Crippen molar-refractivity contribution in [2.75, 3.05) is 11.4 Å². The largest absolute Gasteiger partial charge is 0.506 e. The van der Waals surface area contributed by atoms with E-state index in [4.69, 9.17) is 0 Å². The van der Waals surface area contributed by atoms with Gasteiger partial charge in [-0.1, -0.05) is 12.1 Å². The van der Waals surface area contributed by atoms with Gasteiger partial charge in [0.2, 0.25) is 0 Å².